The van der Waals surface area contributed by atoms with E-state index in [2.05, 4.69) is 4.98 Å². The molecule has 0 aliphatic carbocycles. The van der Waals surface area contributed by atoms with E-state index in [0.717, 1.165) is 0 Å². The third kappa shape index (κ3) is 1.16. The van der Waals surface area contributed by atoms with Crippen molar-refractivity contribution in [3.05, 3.63) is 18.2 Å². The van der Waals surface area contributed by atoms with Crippen molar-refractivity contribution in [3.8, 4) is 0 Å². The minimum absolute atomic E-state index is 0.266. The lowest BCUT2D eigenvalue weighted by molar-refractivity contribution is -0.108. The van der Waals surface area contributed by atoms with Crippen molar-refractivity contribution in [1.82, 2.24) is 9.55 Å². The lowest BCUT2D eigenvalue weighted by Crippen LogP contribution is -2.46. The highest BCUT2D eigenvalue weighted by molar-refractivity contribution is 5.08. The van der Waals surface area contributed by atoms with E-state index < -0.39 is 24.4 Å². The van der Waals surface area contributed by atoms with E-state index in [1.54, 1.807) is 6.20 Å². The van der Waals surface area contributed by atoms with Crippen LogP contribution in [0.15, 0.2) is 12.4 Å². The first kappa shape index (κ1) is 9.60. The number of rotatable bonds is 1. The Bertz CT molecular complexity index is 327. The van der Waals surface area contributed by atoms with E-state index in [4.69, 9.17) is 5.11 Å². The maximum Gasteiger partial charge on any atom is 0.140 e. The number of aliphatic hydroxyl groups is 4. The van der Waals surface area contributed by atoms with Crippen LogP contribution in [0.3, 0.4) is 0 Å². The number of aliphatic hydroxyl groups excluding tert-OH is 4. The van der Waals surface area contributed by atoms with E-state index in [0.29, 0.717) is 0 Å². The third-order valence-electron chi connectivity index (χ3n) is 2.58. The monoisotopic (exact) mass is 200 g/mol. The summed E-state index contributed by atoms with van der Waals surface area (Å²) in [5, 5.41) is 37.6. The van der Waals surface area contributed by atoms with Crippen LogP contribution in [0.1, 0.15) is 18.0 Å². The van der Waals surface area contributed by atoms with Gasteiger partial charge in [-0.2, -0.15) is 0 Å². The summed E-state index contributed by atoms with van der Waals surface area (Å²) < 4.78 is 1.47. The molecule has 0 bridgehead atoms. The molecule has 6 heteroatoms. The first-order valence-corrected chi connectivity index (χ1v) is 4.34. The molecule has 1 aromatic rings. The zero-order chi connectivity index (χ0) is 10.3. The van der Waals surface area contributed by atoms with Gasteiger partial charge in [-0.05, 0) is 0 Å². The van der Waals surface area contributed by atoms with Gasteiger partial charge in [0.25, 0.3) is 0 Å². The fourth-order valence-corrected chi connectivity index (χ4v) is 1.76. The molecule has 1 aliphatic heterocycles. The summed E-state index contributed by atoms with van der Waals surface area (Å²) in [6, 6.07) is -0.647. The van der Waals surface area contributed by atoms with Crippen molar-refractivity contribution in [3.63, 3.8) is 0 Å². The Morgan fingerprint density at radius 2 is 2.00 bits per heavy atom. The van der Waals surface area contributed by atoms with Gasteiger partial charge in [0.1, 0.15) is 24.1 Å². The zero-order valence-corrected chi connectivity index (χ0v) is 7.35. The maximum absolute atomic E-state index is 9.55. The first-order valence-electron chi connectivity index (χ1n) is 4.34. The molecule has 4 atom stereocenters. The van der Waals surface area contributed by atoms with Gasteiger partial charge in [0.05, 0.1) is 12.6 Å². The van der Waals surface area contributed by atoms with Crippen LogP contribution in [0.4, 0.5) is 0 Å². The Hall–Kier alpha value is -0.950. The summed E-state index contributed by atoms with van der Waals surface area (Å²) in [6.45, 7) is -0.311. The van der Waals surface area contributed by atoms with Gasteiger partial charge in [-0.25, -0.2) is 4.98 Å². The summed E-state index contributed by atoms with van der Waals surface area (Å²) >= 11 is 0. The Morgan fingerprint density at radius 3 is 2.64 bits per heavy atom. The highest BCUT2D eigenvalue weighted by Crippen LogP contribution is 2.30. The topological polar surface area (TPSA) is 98.7 Å². The second-order valence-corrected chi connectivity index (χ2v) is 3.37. The van der Waals surface area contributed by atoms with E-state index >= 15 is 0 Å². The molecule has 14 heavy (non-hydrogen) atoms. The van der Waals surface area contributed by atoms with Crippen molar-refractivity contribution in [1.29, 1.82) is 0 Å². The van der Waals surface area contributed by atoms with E-state index in [9.17, 15) is 15.3 Å². The minimum atomic E-state index is -1.30. The molecular formula is C8H12N2O4. The standard InChI is InChI=1S/C8H12N2O4/c11-3-4-5(12)6(13)7(14)8-9-1-2-10(4)8/h1-2,4-7,11-14H,3H2/t4-,5+,6+,7-/m1/s1. The molecule has 1 aromatic heterocycles. The molecule has 0 aromatic carbocycles. The van der Waals surface area contributed by atoms with Crippen molar-refractivity contribution >= 4 is 0 Å². The van der Waals surface area contributed by atoms with Gasteiger partial charge in [-0.3, -0.25) is 0 Å². The van der Waals surface area contributed by atoms with Gasteiger partial charge in [0.15, 0.2) is 0 Å². The highest BCUT2D eigenvalue weighted by Gasteiger charge is 2.40. The average molecular weight is 200 g/mol. The van der Waals surface area contributed by atoms with Gasteiger partial charge in [-0.15, -0.1) is 0 Å². The van der Waals surface area contributed by atoms with Crippen LogP contribution in [0.25, 0.3) is 0 Å². The largest absolute Gasteiger partial charge is 0.394 e. The fraction of sp³-hybridized carbons (Fsp3) is 0.625. The third-order valence-corrected chi connectivity index (χ3v) is 2.58. The maximum atomic E-state index is 9.55. The summed E-state index contributed by atoms with van der Waals surface area (Å²) in [5.41, 5.74) is 0. The Balaban J connectivity index is 2.44. The zero-order valence-electron chi connectivity index (χ0n) is 7.35. The second kappa shape index (κ2) is 3.32. The first-order chi connectivity index (χ1) is 6.66. The Labute approximate surface area is 80.1 Å². The lowest BCUT2D eigenvalue weighted by atomic mass is 9.96. The predicted molar refractivity (Wildman–Crippen MR) is 45.3 cm³/mol. The van der Waals surface area contributed by atoms with Gasteiger partial charge in [0.2, 0.25) is 0 Å². The number of hydrogen-bond donors (Lipinski definition) is 4. The number of nitrogens with zero attached hydrogens (tertiary/aromatic N) is 2. The number of fused-ring (bicyclic) bond motifs is 1. The van der Waals surface area contributed by atoms with Crippen molar-refractivity contribution < 1.29 is 20.4 Å². The molecular weight excluding hydrogens is 188 g/mol. The van der Waals surface area contributed by atoms with Gasteiger partial charge in [0, 0.05) is 12.4 Å². The summed E-state index contributed by atoms with van der Waals surface area (Å²) in [6.07, 6.45) is -0.693. The molecule has 2 heterocycles. The molecule has 0 unspecified atom stereocenters. The van der Waals surface area contributed by atoms with Crippen LogP contribution >= 0.6 is 0 Å². The molecule has 2 rings (SSSR count). The predicted octanol–water partition coefficient (Wildman–Crippen LogP) is -1.81. The normalized spacial score (nSPS) is 36.9. The molecule has 78 valence electrons. The summed E-state index contributed by atoms with van der Waals surface area (Å²) in [7, 11) is 0. The molecule has 0 saturated carbocycles. The SMILES string of the molecule is OC[C@@H]1[C@H](O)[C@H](O)[C@@H](O)c2nccn21. The molecule has 4 N–H and O–H groups in total. The van der Waals surface area contributed by atoms with Crippen molar-refractivity contribution in [2.24, 2.45) is 0 Å². The molecule has 6 nitrogen and oxygen atoms in total. The van der Waals surface area contributed by atoms with Gasteiger partial charge < -0.3 is 25.0 Å². The number of aromatic nitrogens is 2. The second-order valence-electron chi connectivity index (χ2n) is 3.37. The molecule has 0 spiro atoms. The van der Waals surface area contributed by atoms with Crippen molar-refractivity contribution in [2.75, 3.05) is 6.61 Å². The number of hydrogen-bond acceptors (Lipinski definition) is 5. The summed E-state index contributed by atoms with van der Waals surface area (Å²) in [4.78, 5) is 3.85. The smallest absolute Gasteiger partial charge is 0.140 e. The van der Waals surface area contributed by atoms with Crippen LogP contribution < -0.4 is 0 Å². The van der Waals surface area contributed by atoms with E-state index in [1.807, 2.05) is 0 Å². The van der Waals surface area contributed by atoms with Crippen LogP contribution in [0, 0.1) is 0 Å². The highest BCUT2D eigenvalue weighted by atomic mass is 16.4. The Kier molecular flexibility index (Phi) is 2.28. The van der Waals surface area contributed by atoms with Crippen molar-refractivity contribution in [2.45, 2.75) is 24.4 Å². The van der Waals surface area contributed by atoms with Gasteiger partial charge in [-0.1, -0.05) is 0 Å². The molecule has 1 aliphatic rings. The van der Waals surface area contributed by atoms with Crippen LogP contribution in [0.5, 0.6) is 0 Å². The molecule has 0 radical (unpaired) electrons. The lowest BCUT2D eigenvalue weighted by Gasteiger charge is -2.35. The van der Waals surface area contributed by atoms with E-state index in [-0.39, 0.29) is 12.4 Å². The minimum Gasteiger partial charge on any atom is -0.394 e. The fourth-order valence-electron chi connectivity index (χ4n) is 1.76. The van der Waals surface area contributed by atoms with Gasteiger partial charge >= 0.3 is 0 Å². The molecule has 0 fully saturated rings. The van der Waals surface area contributed by atoms with E-state index in [1.165, 1.54) is 10.8 Å². The Morgan fingerprint density at radius 1 is 1.29 bits per heavy atom. The quantitative estimate of drug-likeness (QED) is 0.428. The molecule has 0 amide bonds. The van der Waals surface area contributed by atoms with Crippen LogP contribution in [-0.4, -0.2) is 48.8 Å². The number of imidazole rings is 1. The van der Waals surface area contributed by atoms with Crippen LogP contribution in [-0.2, 0) is 0 Å². The van der Waals surface area contributed by atoms with Crippen LogP contribution in [0.2, 0.25) is 0 Å². The average Bonchev–Trinajstić information content (AvgIpc) is 2.64. The molecule has 0 saturated heterocycles. The summed E-state index contributed by atoms with van der Waals surface area (Å²) in [5.74, 6) is 0.266.